The molecule has 2 aliphatic carbocycles. The molecule has 4 atom stereocenters. The molecule has 2 unspecified atom stereocenters. The number of aryl methyl sites for hydroxylation is 1. The molecule has 4 saturated heterocycles. The molecule has 3 aromatic carbocycles. The Hall–Kier alpha value is -4.61. The van der Waals surface area contributed by atoms with Crippen LogP contribution in [0.2, 0.25) is 0 Å². The highest BCUT2D eigenvalue weighted by Gasteiger charge is 2.49. The van der Waals surface area contributed by atoms with Crippen LogP contribution in [-0.4, -0.2) is 131 Å². The van der Waals surface area contributed by atoms with Crippen LogP contribution in [0.4, 0.5) is 14.6 Å². The van der Waals surface area contributed by atoms with Gasteiger partial charge in [-0.05, 0) is 92.5 Å². The van der Waals surface area contributed by atoms with Crippen LogP contribution in [0.1, 0.15) is 44.1 Å². The molecule has 0 amide bonds. The zero-order chi connectivity index (χ0) is 40.3. The van der Waals surface area contributed by atoms with Gasteiger partial charge in [0.25, 0.3) is 0 Å². The van der Waals surface area contributed by atoms with Gasteiger partial charge in [-0.15, -0.1) is 6.42 Å². The first kappa shape index (κ1) is 37.4. The summed E-state index contributed by atoms with van der Waals surface area (Å²) < 4.78 is 47.1. The van der Waals surface area contributed by atoms with E-state index in [2.05, 4.69) is 32.6 Å². The SMILES string of the molecule is C#Cc1c(F)ccc2cc(O)cc(-c3c(F)c4nc(OCC5(CN6CC7CN(C)CC7C6)CC5)nc(N5[C@@H]6CC[C@H]5CN(C5CC(COC)C5)C6)c4c4cn(C)nc34)c12. The number of ether oxygens (including phenoxy) is 2. The second-order valence-electron chi connectivity index (χ2n) is 18.9. The third kappa shape index (κ3) is 6.23. The number of rotatable bonds is 10. The van der Waals surface area contributed by atoms with Crippen molar-refractivity contribution in [2.24, 2.45) is 30.2 Å². The molecular formula is C46H52F2N8O3. The van der Waals surface area contributed by atoms with Gasteiger partial charge in [0, 0.05) is 113 Å². The lowest BCUT2D eigenvalue weighted by Gasteiger charge is -2.49. The largest absolute Gasteiger partial charge is 0.508 e. The molecule has 59 heavy (non-hydrogen) atoms. The molecule has 0 radical (unpaired) electrons. The second-order valence-corrected chi connectivity index (χ2v) is 18.9. The standard InChI is InChI=1S/C46H52F2N8O3/c1-5-34-37(47)9-6-27-14-33(57)15-35(38(27)34)39-41(48)43-40(36-22-53(3)51-42(36)39)44(56-30-7-8-31(56)21-55(20-30)32-12-26(13-32)23-58-4)50-45(49-43)59-25-46(10-11-46)24-54-18-28-16-52(2)17-29(28)19-54/h1,6,9,14-15,22,26,28-32,57H,7-8,10-13,16-21,23-25H2,2-4H3/t26?,28?,29?,30-,31+,32?. The van der Waals surface area contributed by atoms with E-state index < -0.39 is 11.6 Å². The van der Waals surface area contributed by atoms with E-state index in [4.69, 9.17) is 31.0 Å². The van der Waals surface area contributed by atoms with Gasteiger partial charge in [-0.1, -0.05) is 12.0 Å². The van der Waals surface area contributed by atoms with Gasteiger partial charge in [-0.2, -0.15) is 15.1 Å². The van der Waals surface area contributed by atoms with Crippen LogP contribution in [0, 0.1) is 47.1 Å². The first-order valence-electron chi connectivity index (χ1n) is 21.4. The Morgan fingerprint density at radius 3 is 2.37 bits per heavy atom. The van der Waals surface area contributed by atoms with Gasteiger partial charge in [-0.3, -0.25) is 9.58 Å². The number of nitrogens with zero attached hydrogens (tertiary/aromatic N) is 8. The highest BCUT2D eigenvalue weighted by atomic mass is 19.1. The number of phenols is 1. The van der Waals surface area contributed by atoms with Crippen molar-refractivity contribution in [1.29, 1.82) is 0 Å². The molecule has 308 valence electrons. The van der Waals surface area contributed by atoms with Crippen LogP contribution in [0.25, 0.3) is 43.7 Å². The van der Waals surface area contributed by atoms with Crippen LogP contribution >= 0.6 is 0 Å². The Balaban J connectivity index is 1.02. The topological polar surface area (TPSA) is 95.3 Å². The smallest absolute Gasteiger partial charge is 0.319 e. The van der Waals surface area contributed by atoms with Crippen molar-refractivity contribution in [3.8, 4) is 35.2 Å². The van der Waals surface area contributed by atoms with E-state index >= 15 is 8.78 Å². The Bertz CT molecular complexity index is 2520. The highest BCUT2D eigenvalue weighted by Crippen LogP contribution is 2.50. The van der Waals surface area contributed by atoms with E-state index in [1.54, 1.807) is 24.9 Å². The second kappa shape index (κ2) is 14.0. The summed E-state index contributed by atoms with van der Waals surface area (Å²) in [5.74, 6) is 3.89. The van der Waals surface area contributed by atoms with Gasteiger partial charge in [0.1, 0.15) is 28.4 Å². The Morgan fingerprint density at radius 1 is 0.932 bits per heavy atom. The van der Waals surface area contributed by atoms with Crippen molar-refractivity contribution < 1.29 is 23.4 Å². The predicted octanol–water partition coefficient (Wildman–Crippen LogP) is 6.03. The van der Waals surface area contributed by atoms with Crippen LogP contribution < -0.4 is 9.64 Å². The molecule has 11 rings (SSSR count). The van der Waals surface area contributed by atoms with Crippen molar-refractivity contribution in [2.75, 3.05) is 78.1 Å². The van der Waals surface area contributed by atoms with Gasteiger partial charge < -0.3 is 29.3 Å². The van der Waals surface area contributed by atoms with Gasteiger partial charge >= 0.3 is 6.01 Å². The van der Waals surface area contributed by atoms with E-state index in [1.165, 1.54) is 31.3 Å². The number of terminal acetylenes is 1. The van der Waals surface area contributed by atoms with Crippen LogP contribution in [0.15, 0.2) is 30.5 Å². The number of aromatic hydroxyl groups is 1. The highest BCUT2D eigenvalue weighted by molar-refractivity contribution is 6.18. The summed E-state index contributed by atoms with van der Waals surface area (Å²) in [6.45, 7) is 8.65. The number of methoxy groups -OCH3 is 1. The average molecular weight is 803 g/mol. The van der Waals surface area contributed by atoms with Crippen molar-refractivity contribution in [2.45, 2.75) is 56.7 Å². The summed E-state index contributed by atoms with van der Waals surface area (Å²) in [4.78, 5) is 20.3. The molecule has 13 heteroatoms. The van der Waals surface area contributed by atoms with Crippen LogP contribution in [-0.2, 0) is 11.8 Å². The molecule has 1 N–H and O–H groups in total. The molecule has 0 spiro atoms. The lowest BCUT2D eigenvalue weighted by atomic mass is 9.79. The Labute approximate surface area is 343 Å². The molecule has 4 aliphatic heterocycles. The van der Waals surface area contributed by atoms with Gasteiger partial charge in [0.2, 0.25) is 0 Å². The molecule has 2 bridgehead atoms. The molecule has 6 aliphatic rings. The van der Waals surface area contributed by atoms with E-state index in [9.17, 15) is 5.11 Å². The minimum atomic E-state index is -0.641. The number of halogens is 2. The van der Waals surface area contributed by atoms with Gasteiger partial charge in [-0.25, -0.2) is 8.78 Å². The maximum atomic E-state index is 18.0. The molecule has 6 fully saturated rings. The molecule has 2 saturated carbocycles. The van der Waals surface area contributed by atoms with Gasteiger partial charge in [0.05, 0.1) is 17.6 Å². The van der Waals surface area contributed by atoms with Crippen LogP contribution in [0.3, 0.4) is 0 Å². The minimum absolute atomic E-state index is 0.00805. The molecule has 2 aromatic heterocycles. The normalized spacial score (nSPS) is 27.8. The van der Waals surface area contributed by atoms with Gasteiger partial charge in [0.15, 0.2) is 5.82 Å². The first-order chi connectivity index (χ1) is 28.6. The number of phenolic OH excluding ortho intramolecular Hbond substituents is 1. The number of aromatic nitrogens is 4. The number of anilines is 1. The quantitative estimate of drug-likeness (QED) is 0.169. The lowest BCUT2D eigenvalue weighted by Crippen LogP contribution is -2.59. The summed E-state index contributed by atoms with van der Waals surface area (Å²) in [5, 5.41) is 17.9. The number of hydrogen-bond donors (Lipinski definition) is 1. The maximum Gasteiger partial charge on any atom is 0.319 e. The third-order valence-electron chi connectivity index (χ3n) is 14.7. The third-order valence-corrected chi connectivity index (χ3v) is 14.7. The summed E-state index contributed by atoms with van der Waals surface area (Å²) in [6, 6.07) is 6.86. The van der Waals surface area contributed by atoms with E-state index in [0.29, 0.717) is 51.4 Å². The summed E-state index contributed by atoms with van der Waals surface area (Å²) in [7, 11) is 5.81. The van der Waals surface area contributed by atoms with Crippen molar-refractivity contribution >= 4 is 38.4 Å². The maximum absolute atomic E-state index is 18.0. The number of hydrogen-bond acceptors (Lipinski definition) is 10. The lowest BCUT2D eigenvalue weighted by molar-refractivity contribution is 0.0199. The predicted molar refractivity (Wildman–Crippen MR) is 224 cm³/mol. The summed E-state index contributed by atoms with van der Waals surface area (Å²) in [6.07, 6.45) is 14.3. The zero-order valence-electron chi connectivity index (χ0n) is 34.1. The number of likely N-dealkylation sites (tertiary alicyclic amines) is 3. The number of piperazine rings is 1. The van der Waals surface area contributed by atoms with Crippen LogP contribution in [0.5, 0.6) is 11.8 Å². The minimum Gasteiger partial charge on any atom is -0.508 e. The fraction of sp³-hybridized carbons (Fsp3) is 0.543. The zero-order valence-corrected chi connectivity index (χ0v) is 34.1. The molecule has 11 nitrogen and oxygen atoms in total. The Morgan fingerprint density at radius 2 is 1.68 bits per heavy atom. The average Bonchev–Trinajstić information content (AvgIpc) is 3.34. The molecule has 6 heterocycles. The van der Waals surface area contributed by atoms with Crippen molar-refractivity contribution in [1.82, 2.24) is 34.4 Å². The molecule has 5 aromatic rings. The Kier molecular flexibility index (Phi) is 8.86. The van der Waals surface area contributed by atoms with Crippen molar-refractivity contribution in [3.05, 3.63) is 47.7 Å². The number of fused-ring (bicyclic) bond motifs is 7. The van der Waals surface area contributed by atoms with E-state index in [0.717, 1.165) is 89.7 Å². The fourth-order valence-electron chi connectivity index (χ4n) is 11.8. The number of benzene rings is 3. The summed E-state index contributed by atoms with van der Waals surface area (Å²) in [5.41, 5.74) is 0.825. The monoisotopic (exact) mass is 802 g/mol. The van der Waals surface area contributed by atoms with E-state index in [1.807, 2.05) is 6.20 Å². The van der Waals surface area contributed by atoms with Crippen molar-refractivity contribution in [3.63, 3.8) is 0 Å². The molecular weight excluding hydrogens is 751 g/mol. The fourth-order valence-corrected chi connectivity index (χ4v) is 11.8. The first-order valence-corrected chi connectivity index (χ1v) is 21.4. The van der Waals surface area contributed by atoms with E-state index in [-0.39, 0.29) is 51.5 Å². The summed E-state index contributed by atoms with van der Waals surface area (Å²) >= 11 is 0.